The van der Waals surface area contributed by atoms with E-state index in [1.807, 2.05) is 57.2 Å². The minimum atomic E-state index is -0.717. The van der Waals surface area contributed by atoms with Gasteiger partial charge in [-0.15, -0.1) is 0 Å². The molecule has 1 unspecified atom stereocenters. The number of carbonyl (C=O) groups excluding carboxylic acids is 2. The number of ether oxygens (including phenoxy) is 2. The number of aromatic nitrogens is 2. The maximum atomic E-state index is 12.8. The first-order valence-electron chi connectivity index (χ1n) is 10.9. The van der Waals surface area contributed by atoms with E-state index < -0.39 is 6.04 Å². The summed E-state index contributed by atoms with van der Waals surface area (Å²) in [5.41, 5.74) is 5.46. The first-order chi connectivity index (χ1) is 15.9. The average molecular weight is 449 g/mol. The Bertz CT molecular complexity index is 1230. The lowest BCUT2D eigenvalue weighted by Crippen LogP contribution is -2.24. The van der Waals surface area contributed by atoms with Crippen LogP contribution in [0.25, 0.3) is 11.1 Å². The molecule has 4 rings (SSSR count). The zero-order valence-corrected chi connectivity index (χ0v) is 19.5. The van der Waals surface area contributed by atoms with E-state index in [0.29, 0.717) is 29.4 Å². The summed E-state index contributed by atoms with van der Waals surface area (Å²) in [5, 5.41) is 10.5. The fraction of sp³-hybridized carbons (Fsp3) is 0.320. The van der Waals surface area contributed by atoms with Crippen molar-refractivity contribution in [3.05, 3.63) is 53.2 Å². The van der Waals surface area contributed by atoms with Crippen molar-refractivity contribution in [2.75, 3.05) is 24.9 Å². The highest BCUT2D eigenvalue weighted by Gasteiger charge is 2.37. The molecule has 2 amide bonds. The summed E-state index contributed by atoms with van der Waals surface area (Å²) in [6.07, 6.45) is 0.656. The van der Waals surface area contributed by atoms with Crippen LogP contribution in [0.1, 0.15) is 36.2 Å². The Morgan fingerprint density at radius 3 is 2.52 bits per heavy atom. The fourth-order valence-electron chi connectivity index (χ4n) is 4.07. The van der Waals surface area contributed by atoms with Crippen molar-refractivity contribution in [1.82, 2.24) is 9.78 Å². The molecule has 1 atom stereocenters. The third-order valence-electron chi connectivity index (χ3n) is 6.00. The molecular weight excluding hydrogens is 420 g/mol. The molecule has 1 aliphatic rings. The lowest BCUT2D eigenvalue weighted by Gasteiger charge is -2.11. The molecule has 3 aromatic rings. The van der Waals surface area contributed by atoms with Crippen molar-refractivity contribution in [1.29, 1.82) is 0 Å². The molecule has 0 aliphatic carbocycles. The Labute approximate surface area is 192 Å². The number of benzene rings is 2. The van der Waals surface area contributed by atoms with Gasteiger partial charge in [-0.1, -0.05) is 19.1 Å². The maximum Gasteiger partial charge on any atom is 0.251 e. The third-order valence-corrected chi connectivity index (χ3v) is 6.00. The maximum absolute atomic E-state index is 12.8. The van der Waals surface area contributed by atoms with E-state index >= 15 is 0 Å². The Morgan fingerprint density at radius 2 is 1.85 bits per heavy atom. The molecule has 8 nitrogen and oxygen atoms in total. The summed E-state index contributed by atoms with van der Waals surface area (Å²) in [6.45, 7) is 6.02. The molecular formula is C25H28N4O4. The van der Waals surface area contributed by atoms with Gasteiger partial charge in [-0.2, -0.15) is 5.10 Å². The van der Waals surface area contributed by atoms with Crippen molar-refractivity contribution in [3.63, 3.8) is 0 Å². The van der Waals surface area contributed by atoms with Gasteiger partial charge in [0.05, 0.1) is 26.3 Å². The molecule has 33 heavy (non-hydrogen) atoms. The molecule has 2 heterocycles. The lowest BCUT2D eigenvalue weighted by atomic mass is 10.0. The Balaban J connectivity index is 1.63. The standard InChI is InChI=1S/C25H28N4O4/c1-6-18-23(16-8-10-20(32-4)21(12-16)33-5)24-27-25(31)19(29(24)28-18)13-22(30)26-17-9-7-14(2)15(3)11-17/h7-12,19H,6,13H2,1-5H3,(H,26,30)(H,27,31). The van der Waals surface area contributed by atoms with Gasteiger partial charge in [-0.05, 0) is 61.2 Å². The average Bonchev–Trinajstić information content (AvgIpc) is 3.30. The molecule has 0 fully saturated rings. The van der Waals surface area contributed by atoms with Gasteiger partial charge in [-0.25, -0.2) is 4.68 Å². The number of anilines is 2. The van der Waals surface area contributed by atoms with E-state index in [4.69, 9.17) is 9.47 Å². The van der Waals surface area contributed by atoms with Crippen LogP contribution >= 0.6 is 0 Å². The van der Waals surface area contributed by atoms with E-state index in [0.717, 1.165) is 27.9 Å². The quantitative estimate of drug-likeness (QED) is 0.563. The van der Waals surface area contributed by atoms with E-state index in [1.54, 1.807) is 18.9 Å². The largest absolute Gasteiger partial charge is 0.493 e. The summed E-state index contributed by atoms with van der Waals surface area (Å²) in [6, 6.07) is 10.6. The molecule has 172 valence electrons. The van der Waals surface area contributed by atoms with Crippen LogP contribution in [0.15, 0.2) is 36.4 Å². The van der Waals surface area contributed by atoms with E-state index in [9.17, 15) is 9.59 Å². The molecule has 1 aromatic heterocycles. The molecule has 0 bridgehead atoms. The van der Waals surface area contributed by atoms with Crippen LogP contribution in [0.2, 0.25) is 0 Å². The number of nitrogens with one attached hydrogen (secondary N) is 2. The first kappa shape index (κ1) is 22.4. The summed E-state index contributed by atoms with van der Waals surface area (Å²) in [5.74, 6) is 1.30. The van der Waals surface area contributed by atoms with E-state index in [1.165, 1.54) is 0 Å². The van der Waals surface area contributed by atoms with Gasteiger partial charge in [0.1, 0.15) is 11.9 Å². The highest BCUT2D eigenvalue weighted by atomic mass is 16.5. The van der Waals surface area contributed by atoms with Crippen LogP contribution < -0.4 is 20.1 Å². The summed E-state index contributed by atoms with van der Waals surface area (Å²) < 4.78 is 12.4. The van der Waals surface area contributed by atoms with Gasteiger partial charge in [0, 0.05) is 11.3 Å². The number of methoxy groups -OCH3 is 2. The number of rotatable bonds is 7. The fourth-order valence-corrected chi connectivity index (χ4v) is 4.07. The zero-order chi connectivity index (χ0) is 23.7. The molecule has 0 spiro atoms. The number of hydrogen-bond donors (Lipinski definition) is 2. The van der Waals surface area contributed by atoms with Crippen LogP contribution in [-0.2, 0) is 16.0 Å². The van der Waals surface area contributed by atoms with Crippen molar-refractivity contribution in [3.8, 4) is 22.6 Å². The molecule has 2 N–H and O–H groups in total. The van der Waals surface area contributed by atoms with Gasteiger partial charge < -0.3 is 20.1 Å². The molecule has 1 aliphatic heterocycles. The van der Waals surface area contributed by atoms with Crippen LogP contribution in [0, 0.1) is 13.8 Å². The van der Waals surface area contributed by atoms with Crippen molar-refractivity contribution in [2.24, 2.45) is 0 Å². The zero-order valence-electron chi connectivity index (χ0n) is 19.5. The normalized spacial score (nSPS) is 14.6. The van der Waals surface area contributed by atoms with Gasteiger partial charge in [-0.3, -0.25) is 9.59 Å². The SMILES string of the molecule is CCc1nn2c(c1-c1ccc(OC)c(OC)c1)NC(=O)C2CC(=O)Nc1ccc(C)c(C)c1. The Hall–Kier alpha value is -3.81. The molecule has 8 heteroatoms. The molecule has 0 saturated heterocycles. The minimum absolute atomic E-state index is 0.0119. The number of amides is 2. The minimum Gasteiger partial charge on any atom is -0.493 e. The van der Waals surface area contributed by atoms with Crippen LogP contribution in [0.4, 0.5) is 11.5 Å². The molecule has 2 aromatic carbocycles. The van der Waals surface area contributed by atoms with Gasteiger partial charge >= 0.3 is 0 Å². The number of nitrogens with zero attached hydrogens (tertiary/aromatic N) is 2. The monoisotopic (exact) mass is 448 g/mol. The second kappa shape index (κ2) is 8.97. The summed E-state index contributed by atoms with van der Waals surface area (Å²) in [4.78, 5) is 25.5. The van der Waals surface area contributed by atoms with Crippen LogP contribution in [0.5, 0.6) is 11.5 Å². The predicted octanol–water partition coefficient (Wildman–Crippen LogP) is 4.27. The highest BCUT2D eigenvalue weighted by molar-refractivity contribution is 6.04. The summed E-state index contributed by atoms with van der Waals surface area (Å²) >= 11 is 0. The molecule has 0 radical (unpaired) electrons. The summed E-state index contributed by atoms with van der Waals surface area (Å²) in [7, 11) is 3.16. The second-order valence-corrected chi connectivity index (χ2v) is 8.09. The van der Waals surface area contributed by atoms with Crippen LogP contribution in [-0.4, -0.2) is 35.8 Å². The Morgan fingerprint density at radius 1 is 1.09 bits per heavy atom. The highest BCUT2D eigenvalue weighted by Crippen LogP contribution is 2.41. The van der Waals surface area contributed by atoms with Crippen molar-refractivity contribution >= 4 is 23.3 Å². The number of hydrogen-bond acceptors (Lipinski definition) is 5. The lowest BCUT2D eigenvalue weighted by molar-refractivity contribution is -0.123. The van der Waals surface area contributed by atoms with Crippen LogP contribution in [0.3, 0.4) is 0 Å². The number of fused-ring (bicyclic) bond motifs is 1. The second-order valence-electron chi connectivity index (χ2n) is 8.09. The first-order valence-corrected chi connectivity index (χ1v) is 10.9. The van der Waals surface area contributed by atoms with E-state index in [-0.39, 0.29) is 18.2 Å². The van der Waals surface area contributed by atoms with Gasteiger partial charge in [0.25, 0.3) is 5.91 Å². The van der Waals surface area contributed by atoms with Gasteiger partial charge in [0.2, 0.25) is 5.91 Å². The topological polar surface area (TPSA) is 94.5 Å². The van der Waals surface area contributed by atoms with Crippen molar-refractivity contribution < 1.29 is 19.1 Å². The van der Waals surface area contributed by atoms with Crippen molar-refractivity contribution in [2.45, 2.75) is 39.7 Å². The van der Waals surface area contributed by atoms with Gasteiger partial charge in [0.15, 0.2) is 11.5 Å². The number of carbonyl (C=O) groups is 2. The van der Waals surface area contributed by atoms with E-state index in [2.05, 4.69) is 15.7 Å². The smallest absolute Gasteiger partial charge is 0.251 e. The predicted molar refractivity (Wildman–Crippen MR) is 127 cm³/mol. The molecule has 0 saturated carbocycles. The Kier molecular flexibility index (Phi) is 6.09. The number of aryl methyl sites for hydroxylation is 3. The third kappa shape index (κ3) is 4.16.